The van der Waals surface area contributed by atoms with Gasteiger partial charge in [-0.2, -0.15) is 0 Å². The summed E-state index contributed by atoms with van der Waals surface area (Å²) < 4.78 is 0. The average Bonchev–Trinajstić information content (AvgIpc) is 3.09. The van der Waals surface area contributed by atoms with Crippen molar-refractivity contribution in [3.8, 4) is 0 Å². The summed E-state index contributed by atoms with van der Waals surface area (Å²) in [5.74, 6) is 0. The minimum absolute atomic E-state index is 0.315. The number of halogens is 1. The van der Waals surface area contributed by atoms with Crippen LogP contribution >= 0.6 is 11.6 Å². The summed E-state index contributed by atoms with van der Waals surface area (Å²) in [6.07, 6.45) is 1.75. The number of hydrogen-bond donors (Lipinski definition) is 1. The molecule has 2 aliphatic heterocycles. The zero-order chi connectivity index (χ0) is 18.7. The molecule has 0 saturated carbocycles. The van der Waals surface area contributed by atoms with E-state index in [0.29, 0.717) is 23.8 Å². The third-order valence-electron chi connectivity index (χ3n) is 4.88. The fraction of sp³-hybridized carbons (Fsp3) is 0.300. The van der Waals surface area contributed by atoms with Gasteiger partial charge in [0.1, 0.15) is 5.60 Å². The Balaban J connectivity index is 1.28. The monoisotopic (exact) mass is 385 g/mol. The molecule has 1 N–H and O–H groups in total. The van der Waals surface area contributed by atoms with E-state index in [0.717, 1.165) is 30.5 Å². The second kappa shape index (κ2) is 7.58. The molecule has 6 nitrogen and oxygen atoms in total. The highest BCUT2D eigenvalue weighted by atomic mass is 35.5. The molecule has 7 heteroatoms. The average molecular weight is 386 g/mol. The smallest absolute Gasteiger partial charge is 0.388 e. The first-order valence-corrected chi connectivity index (χ1v) is 9.30. The highest BCUT2D eigenvalue weighted by molar-refractivity contribution is 6.30. The number of piperidine rings is 1. The summed E-state index contributed by atoms with van der Waals surface area (Å²) >= 11 is 5.95. The Morgan fingerprint density at radius 1 is 1.11 bits per heavy atom. The van der Waals surface area contributed by atoms with Crippen LogP contribution in [0.1, 0.15) is 24.8 Å². The first-order chi connectivity index (χ1) is 13.1. The van der Waals surface area contributed by atoms with Crippen molar-refractivity contribution >= 4 is 29.1 Å². The minimum Gasteiger partial charge on any atom is -0.388 e. The van der Waals surface area contributed by atoms with Crippen LogP contribution in [0.3, 0.4) is 0 Å². The number of rotatable bonds is 3. The highest BCUT2D eigenvalue weighted by Crippen LogP contribution is 2.36. The molecule has 1 saturated heterocycles. The number of para-hydroxylation sites is 1. The Morgan fingerprint density at radius 3 is 2.52 bits per heavy atom. The lowest BCUT2D eigenvalue weighted by Gasteiger charge is -2.35. The van der Waals surface area contributed by atoms with E-state index >= 15 is 0 Å². The first-order valence-electron chi connectivity index (χ1n) is 8.92. The number of hydrogen-bond acceptors (Lipinski definition) is 5. The molecule has 140 valence electrons. The van der Waals surface area contributed by atoms with E-state index in [9.17, 15) is 4.79 Å². The normalized spacial score (nSPS) is 18.6. The van der Waals surface area contributed by atoms with Crippen LogP contribution in [0.2, 0.25) is 5.02 Å². The van der Waals surface area contributed by atoms with E-state index in [2.05, 4.69) is 10.5 Å². The van der Waals surface area contributed by atoms with Crippen LogP contribution in [0.5, 0.6) is 0 Å². The number of carbonyl (C=O) groups excluding carboxylic acids is 1. The molecule has 4 rings (SSSR count). The number of oxime groups is 1. The molecular weight excluding hydrogens is 366 g/mol. The Hall–Kier alpha value is -2.57. The predicted octanol–water partition coefficient (Wildman–Crippen LogP) is 4.46. The molecule has 0 atom stereocenters. The van der Waals surface area contributed by atoms with Crippen molar-refractivity contribution in [1.82, 2.24) is 5.06 Å². The van der Waals surface area contributed by atoms with E-state index in [1.807, 2.05) is 54.6 Å². The van der Waals surface area contributed by atoms with Gasteiger partial charge in [0.15, 0.2) is 0 Å². The van der Waals surface area contributed by atoms with Gasteiger partial charge >= 0.3 is 6.09 Å². The number of amides is 1. The van der Waals surface area contributed by atoms with Crippen LogP contribution in [-0.4, -0.2) is 35.6 Å². The molecule has 2 aromatic carbocycles. The number of benzene rings is 2. The molecule has 0 bridgehead atoms. The van der Waals surface area contributed by atoms with Crippen LogP contribution in [0.25, 0.3) is 0 Å². The summed E-state index contributed by atoms with van der Waals surface area (Å²) in [6.45, 7) is 1.21. The van der Waals surface area contributed by atoms with E-state index in [-0.39, 0.29) is 5.60 Å². The van der Waals surface area contributed by atoms with Gasteiger partial charge in [-0.3, -0.25) is 5.32 Å². The van der Waals surface area contributed by atoms with Crippen molar-refractivity contribution in [3.63, 3.8) is 0 Å². The van der Waals surface area contributed by atoms with Gasteiger partial charge in [-0.15, -0.1) is 5.06 Å². The Kier molecular flexibility index (Phi) is 5.01. The van der Waals surface area contributed by atoms with E-state index in [1.165, 1.54) is 0 Å². The van der Waals surface area contributed by atoms with Gasteiger partial charge in [0.25, 0.3) is 0 Å². The van der Waals surface area contributed by atoms with Gasteiger partial charge in [-0.1, -0.05) is 47.1 Å². The van der Waals surface area contributed by atoms with Crippen molar-refractivity contribution in [1.29, 1.82) is 0 Å². The number of nitrogens with zero attached hydrogens (tertiary/aromatic N) is 2. The summed E-state index contributed by atoms with van der Waals surface area (Å²) in [5.41, 5.74) is 2.35. The van der Waals surface area contributed by atoms with Gasteiger partial charge in [-0.05, 0) is 29.8 Å². The number of nitrogens with one attached hydrogen (secondary N) is 1. The third kappa shape index (κ3) is 4.23. The van der Waals surface area contributed by atoms with Crippen LogP contribution in [-0.2, 0) is 9.68 Å². The lowest BCUT2D eigenvalue weighted by molar-refractivity contribution is -0.154. The second-order valence-corrected chi connectivity index (χ2v) is 7.23. The molecule has 0 aromatic heterocycles. The van der Waals surface area contributed by atoms with Gasteiger partial charge in [0.2, 0.25) is 0 Å². The largest absolute Gasteiger partial charge is 0.430 e. The summed E-state index contributed by atoms with van der Waals surface area (Å²) in [7, 11) is 0. The molecule has 1 amide bonds. The van der Waals surface area contributed by atoms with Gasteiger partial charge in [-0.25, -0.2) is 4.79 Å². The fourth-order valence-electron chi connectivity index (χ4n) is 3.35. The minimum atomic E-state index is -0.484. The van der Waals surface area contributed by atoms with Gasteiger partial charge < -0.3 is 9.68 Å². The standard InChI is InChI=1S/C20H20ClN3O3/c21-16-8-6-15(7-9-16)18-14-20(27-23-18)10-12-24(13-11-20)26-19(25)22-17-4-2-1-3-5-17/h1-9H,10-14H2,(H,22,25). The van der Waals surface area contributed by atoms with Gasteiger partial charge in [0.05, 0.1) is 5.71 Å². The van der Waals surface area contributed by atoms with Crippen molar-refractivity contribution < 1.29 is 14.5 Å². The molecular formula is C20H20ClN3O3. The number of carbonyl (C=O) groups is 1. The van der Waals surface area contributed by atoms with Crippen LogP contribution in [0.15, 0.2) is 59.8 Å². The zero-order valence-corrected chi connectivity index (χ0v) is 15.5. The van der Waals surface area contributed by atoms with Crippen LogP contribution in [0, 0.1) is 0 Å². The number of hydroxylamine groups is 2. The summed E-state index contributed by atoms with van der Waals surface area (Å²) in [5, 5.41) is 9.38. The van der Waals surface area contributed by atoms with Crippen molar-refractivity contribution in [2.75, 3.05) is 18.4 Å². The Morgan fingerprint density at radius 2 is 1.81 bits per heavy atom. The van der Waals surface area contributed by atoms with Crippen LogP contribution < -0.4 is 5.32 Å². The molecule has 0 radical (unpaired) electrons. The molecule has 2 aliphatic rings. The lowest BCUT2D eigenvalue weighted by atomic mass is 9.86. The maximum atomic E-state index is 12.0. The van der Waals surface area contributed by atoms with Gasteiger partial charge in [0, 0.05) is 43.1 Å². The maximum absolute atomic E-state index is 12.0. The fourth-order valence-corrected chi connectivity index (χ4v) is 3.48. The third-order valence-corrected chi connectivity index (χ3v) is 5.13. The first kappa shape index (κ1) is 17.8. The molecule has 0 unspecified atom stereocenters. The summed E-state index contributed by atoms with van der Waals surface area (Å²) in [6, 6.07) is 16.8. The summed E-state index contributed by atoms with van der Waals surface area (Å²) in [4.78, 5) is 23.2. The Bertz CT molecular complexity index is 831. The molecule has 2 aromatic rings. The van der Waals surface area contributed by atoms with Crippen molar-refractivity contribution in [2.24, 2.45) is 5.16 Å². The van der Waals surface area contributed by atoms with Crippen LogP contribution in [0.4, 0.5) is 10.5 Å². The number of anilines is 1. The topological polar surface area (TPSA) is 63.2 Å². The zero-order valence-electron chi connectivity index (χ0n) is 14.7. The van der Waals surface area contributed by atoms with E-state index in [1.54, 1.807) is 5.06 Å². The van der Waals surface area contributed by atoms with Crippen molar-refractivity contribution in [2.45, 2.75) is 24.9 Å². The predicted molar refractivity (Wildman–Crippen MR) is 104 cm³/mol. The molecule has 1 fully saturated rings. The lowest BCUT2D eigenvalue weighted by Crippen LogP contribution is -2.45. The maximum Gasteiger partial charge on any atom is 0.430 e. The highest BCUT2D eigenvalue weighted by Gasteiger charge is 2.43. The molecule has 2 heterocycles. The Labute approximate surface area is 162 Å². The molecule has 0 aliphatic carbocycles. The van der Waals surface area contributed by atoms with E-state index in [4.69, 9.17) is 21.3 Å². The molecule has 27 heavy (non-hydrogen) atoms. The van der Waals surface area contributed by atoms with E-state index < -0.39 is 6.09 Å². The second-order valence-electron chi connectivity index (χ2n) is 6.79. The van der Waals surface area contributed by atoms with Crippen molar-refractivity contribution in [3.05, 3.63) is 65.2 Å². The SMILES string of the molecule is O=C(Nc1ccccc1)ON1CCC2(CC1)CC(c1ccc(Cl)cc1)=NO2. The quantitative estimate of drug-likeness (QED) is 0.847. The molecule has 1 spiro atoms.